The third-order valence-corrected chi connectivity index (χ3v) is 2.58. The number of benzene rings is 1. The number of hydrogen-bond donors (Lipinski definition) is 3. The number of carbonyl (C=O) groups excluding carboxylic acids is 2. The predicted octanol–water partition coefficient (Wildman–Crippen LogP) is 1.53. The Morgan fingerprint density at radius 2 is 1.84 bits per heavy atom. The van der Waals surface area contributed by atoms with E-state index in [2.05, 4.69) is 10.6 Å². The van der Waals surface area contributed by atoms with Gasteiger partial charge in [0.05, 0.1) is 6.04 Å². The van der Waals surface area contributed by atoms with Crippen LogP contribution in [-0.2, 0) is 4.79 Å². The van der Waals surface area contributed by atoms with E-state index in [1.165, 1.54) is 0 Å². The Labute approximate surface area is 119 Å². The summed E-state index contributed by atoms with van der Waals surface area (Å²) >= 11 is 0. The molecule has 4 N–H and O–H groups in total. The van der Waals surface area contributed by atoms with E-state index in [9.17, 15) is 9.59 Å². The van der Waals surface area contributed by atoms with Gasteiger partial charge >= 0.3 is 0 Å². The van der Waals surface area contributed by atoms with Gasteiger partial charge in [-0.1, -0.05) is 13.3 Å². The van der Waals surface area contributed by atoms with Gasteiger partial charge in [-0.25, -0.2) is 0 Å². The second kappa shape index (κ2) is 8.50. The lowest BCUT2D eigenvalue weighted by Crippen LogP contribution is -2.35. The van der Waals surface area contributed by atoms with Crippen molar-refractivity contribution in [3.05, 3.63) is 29.8 Å². The van der Waals surface area contributed by atoms with Gasteiger partial charge in [0.15, 0.2) is 0 Å². The maximum atomic E-state index is 11.7. The number of amides is 2. The maximum absolute atomic E-state index is 11.7. The molecule has 5 nitrogen and oxygen atoms in total. The summed E-state index contributed by atoms with van der Waals surface area (Å²) in [5, 5.41) is 5.25. The van der Waals surface area contributed by atoms with Crippen molar-refractivity contribution < 1.29 is 9.59 Å². The topological polar surface area (TPSA) is 84.2 Å². The summed E-state index contributed by atoms with van der Waals surface area (Å²) < 4.78 is 0. The van der Waals surface area contributed by atoms with Gasteiger partial charge in [-0.15, -0.1) is 12.4 Å². The zero-order chi connectivity index (χ0) is 13.5. The molecule has 0 aromatic heterocycles. The minimum Gasteiger partial charge on any atom is -0.355 e. The number of halogens is 1. The molecule has 106 valence electrons. The molecule has 0 saturated carbocycles. The van der Waals surface area contributed by atoms with Crippen molar-refractivity contribution in [2.45, 2.75) is 25.8 Å². The minimum atomic E-state index is -0.492. The average molecular weight is 286 g/mol. The largest absolute Gasteiger partial charge is 0.355 e. The van der Waals surface area contributed by atoms with Crippen LogP contribution >= 0.6 is 12.4 Å². The van der Waals surface area contributed by atoms with E-state index < -0.39 is 6.04 Å². The SMILES string of the molecule is CCCC(N)C(=O)Nc1ccc(C(=O)NC)cc1.Cl. The monoisotopic (exact) mass is 285 g/mol. The van der Waals surface area contributed by atoms with Gasteiger partial charge in [0.25, 0.3) is 5.91 Å². The molecule has 1 rings (SSSR count). The highest BCUT2D eigenvalue weighted by molar-refractivity contribution is 5.96. The zero-order valence-electron chi connectivity index (χ0n) is 11.1. The molecule has 0 aliphatic carbocycles. The second-order valence-electron chi connectivity index (χ2n) is 4.04. The van der Waals surface area contributed by atoms with Crippen molar-refractivity contribution in [2.24, 2.45) is 5.73 Å². The van der Waals surface area contributed by atoms with Crippen LogP contribution in [0, 0.1) is 0 Å². The van der Waals surface area contributed by atoms with Crippen molar-refractivity contribution in [1.29, 1.82) is 0 Å². The molecule has 0 radical (unpaired) electrons. The van der Waals surface area contributed by atoms with Crippen molar-refractivity contribution >= 4 is 29.9 Å². The third kappa shape index (κ3) is 5.28. The van der Waals surface area contributed by atoms with Gasteiger partial charge in [0.2, 0.25) is 5.91 Å². The third-order valence-electron chi connectivity index (χ3n) is 2.58. The number of nitrogens with one attached hydrogen (secondary N) is 2. The first-order chi connectivity index (χ1) is 8.58. The Morgan fingerprint density at radius 3 is 2.32 bits per heavy atom. The fourth-order valence-electron chi connectivity index (χ4n) is 1.53. The normalized spacial score (nSPS) is 11.1. The van der Waals surface area contributed by atoms with Crippen LogP contribution in [0.3, 0.4) is 0 Å². The van der Waals surface area contributed by atoms with Gasteiger partial charge in [0.1, 0.15) is 0 Å². The molecule has 19 heavy (non-hydrogen) atoms. The Balaban J connectivity index is 0.00000324. The Kier molecular flexibility index (Phi) is 7.79. The summed E-state index contributed by atoms with van der Waals surface area (Å²) in [5.74, 6) is -0.361. The molecule has 1 aromatic carbocycles. The molecule has 0 fully saturated rings. The molecule has 0 aliphatic heterocycles. The molecule has 0 bridgehead atoms. The number of hydrogen-bond acceptors (Lipinski definition) is 3. The summed E-state index contributed by atoms with van der Waals surface area (Å²) in [4.78, 5) is 23.0. The van der Waals surface area contributed by atoms with Crippen molar-refractivity contribution in [3.8, 4) is 0 Å². The standard InChI is InChI=1S/C13H19N3O2.ClH/c1-3-4-11(14)13(18)16-10-7-5-9(6-8-10)12(17)15-2;/h5-8,11H,3-4,14H2,1-2H3,(H,15,17)(H,16,18);1H. The van der Waals surface area contributed by atoms with Crippen molar-refractivity contribution in [2.75, 3.05) is 12.4 Å². The van der Waals surface area contributed by atoms with E-state index in [0.29, 0.717) is 17.7 Å². The number of anilines is 1. The number of carbonyl (C=O) groups is 2. The Morgan fingerprint density at radius 1 is 1.26 bits per heavy atom. The highest BCUT2D eigenvalue weighted by atomic mass is 35.5. The summed E-state index contributed by atoms with van der Waals surface area (Å²) in [6.07, 6.45) is 1.52. The molecule has 6 heteroatoms. The summed E-state index contributed by atoms with van der Waals surface area (Å²) in [6, 6.07) is 6.18. The maximum Gasteiger partial charge on any atom is 0.251 e. The van der Waals surface area contributed by atoms with E-state index in [-0.39, 0.29) is 24.2 Å². The van der Waals surface area contributed by atoms with Gasteiger partial charge in [0, 0.05) is 18.3 Å². The van der Waals surface area contributed by atoms with Crippen LogP contribution in [0.4, 0.5) is 5.69 Å². The first-order valence-electron chi connectivity index (χ1n) is 5.97. The van der Waals surface area contributed by atoms with Crippen LogP contribution < -0.4 is 16.4 Å². The quantitative estimate of drug-likeness (QED) is 0.767. The molecular formula is C13H20ClN3O2. The molecule has 0 saturated heterocycles. The van der Waals surface area contributed by atoms with Crippen LogP contribution in [-0.4, -0.2) is 24.9 Å². The van der Waals surface area contributed by atoms with Gasteiger partial charge < -0.3 is 16.4 Å². The molecule has 2 amide bonds. The first-order valence-corrected chi connectivity index (χ1v) is 5.97. The van der Waals surface area contributed by atoms with E-state index in [1.807, 2.05) is 6.92 Å². The molecule has 0 aliphatic rings. The van der Waals surface area contributed by atoms with Crippen molar-refractivity contribution in [3.63, 3.8) is 0 Å². The number of rotatable bonds is 5. The van der Waals surface area contributed by atoms with E-state index in [0.717, 1.165) is 6.42 Å². The summed E-state index contributed by atoms with van der Waals surface area (Å²) in [7, 11) is 1.57. The van der Waals surface area contributed by atoms with Crippen LogP contribution in [0.1, 0.15) is 30.1 Å². The molecule has 0 heterocycles. The lowest BCUT2D eigenvalue weighted by molar-refractivity contribution is -0.117. The Hall–Kier alpha value is -1.59. The van der Waals surface area contributed by atoms with E-state index in [1.54, 1.807) is 31.3 Å². The Bertz CT molecular complexity index is 420. The van der Waals surface area contributed by atoms with Crippen molar-refractivity contribution in [1.82, 2.24) is 5.32 Å². The second-order valence-corrected chi connectivity index (χ2v) is 4.04. The molecule has 1 unspecified atom stereocenters. The summed E-state index contributed by atoms with van der Waals surface area (Å²) in [5.41, 5.74) is 6.89. The van der Waals surface area contributed by atoms with Gasteiger partial charge in [-0.05, 0) is 30.7 Å². The fraction of sp³-hybridized carbons (Fsp3) is 0.385. The van der Waals surface area contributed by atoms with Gasteiger partial charge in [-0.2, -0.15) is 0 Å². The lowest BCUT2D eigenvalue weighted by Gasteiger charge is -2.11. The highest BCUT2D eigenvalue weighted by Crippen LogP contribution is 2.10. The van der Waals surface area contributed by atoms with Crippen LogP contribution in [0.5, 0.6) is 0 Å². The smallest absolute Gasteiger partial charge is 0.251 e. The van der Waals surface area contributed by atoms with E-state index in [4.69, 9.17) is 5.73 Å². The van der Waals surface area contributed by atoms with Crippen LogP contribution in [0.2, 0.25) is 0 Å². The highest BCUT2D eigenvalue weighted by Gasteiger charge is 2.12. The van der Waals surface area contributed by atoms with Crippen LogP contribution in [0.25, 0.3) is 0 Å². The number of nitrogens with two attached hydrogens (primary N) is 1. The molecule has 0 spiro atoms. The average Bonchev–Trinajstić information content (AvgIpc) is 2.39. The van der Waals surface area contributed by atoms with Gasteiger partial charge in [-0.3, -0.25) is 9.59 Å². The fourth-order valence-corrected chi connectivity index (χ4v) is 1.53. The lowest BCUT2D eigenvalue weighted by atomic mass is 10.1. The predicted molar refractivity (Wildman–Crippen MR) is 78.6 cm³/mol. The minimum absolute atomic E-state index is 0. The van der Waals surface area contributed by atoms with E-state index >= 15 is 0 Å². The zero-order valence-corrected chi connectivity index (χ0v) is 11.9. The summed E-state index contributed by atoms with van der Waals surface area (Å²) in [6.45, 7) is 1.98. The first kappa shape index (κ1) is 17.4. The molecular weight excluding hydrogens is 266 g/mol. The molecule has 1 aromatic rings. The van der Waals surface area contributed by atoms with Crippen LogP contribution in [0.15, 0.2) is 24.3 Å². The molecule has 1 atom stereocenters.